The highest BCUT2D eigenvalue weighted by Gasteiger charge is 2.32. The first-order chi connectivity index (χ1) is 8.50. The van der Waals surface area contributed by atoms with Crippen LogP contribution in [0.1, 0.15) is 18.4 Å². The number of nitrogens with one attached hydrogen (secondary N) is 1. The van der Waals surface area contributed by atoms with Gasteiger partial charge in [0, 0.05) is 18.8 Å². The molecule has 6 heteroatoms. The molecule has 18 heavy (non-hydrogen) atoms. The van der Waals surface area contributed by atoms with E-state index in [1.54, 1.807) is 31.4 Å². The number of hydrogen-bond donors (Lipinski definition) is 2. The molecule has 1 fully saturated rings. The Bertz CT molecular complexity index is 510. The predicted molar refractivity (Wildman–Crippen MR) is 70.4 cm³/mol. The van der Waals surface area contributed by atoms with E-state index in [1.165, 1.54) is 0 Å². The zero-order valence-corrected chi connectivity index (χ0v) is 11.1. The molecule has 5 nitrogen and oxygen atoms in total. The highest BCUT2D eigenvalue weighted by atomic mass is 32.2. The summed E-state index contributed by atoms with van der Waals surface area (Å²) in [6, 6.07) is 6.99. The van der Waals surface area contributed by atoms with E-state index >= 15 is 0 Å². The van der Waals surface area contributed by atoms with Gasteiger partial charge in [-0.05, 0) is 24.5 Å². The van der Waals surface area contributed by atoms with Gasteiger partial charge in [-0.1, -0.05) is 18.2 Å². The van der Waals surface area contributed by atoms with E-state index in [0.29, 0.717) is 11.3 Å². The lowest BCUT2D eigenvalue weighted by molar-refractivity contribution is 0.0236. The van der Waals surface area contributed by atoms with E-state index in [2.05, 4.69) is 4.72 Å². The summed E-state index contributed by atoms with van der Waals surface area (Å²) >= 11 is 0. The van der Waals surface area contributed by atoms with Crippen LogP contribution in [0.15, 0.2) is 24.3 Å². The number of rotatable bonds is 5. The first-order valence-corrected chi connectivity index (χ1v) is 7.51. The standard InChI is InChI=1S/C12H18N2O3S/c1-17-11-6-10(7-11)14-18(15,16)8-9-4-2-3-5-12(9)13/h2-5,10-11,14H,6-8,13H2,1H3. The van der Waals surface area contributed by atoms with Crippen LogP contribution in [-0.4, -0.2) is 27.7 Å². The highest BCUT2D eigenvalue weighted by molar-refractivity contribution is 7.88. The smallest absolute Gasteiger partial charge is 0.216 e. The molecule has 0 bridgehead atoms. The van der Waals surface area contributed by atoms with Gasteiger partial charge in [0.15, 0.2) is 0 Å². The lowest BCUT2D eigenvalue weighted by Gasteiger charge is -2.34. The maximum absolute atomic E-state index is 11.9. The van der Waals surface area contributed by atoms with E-state index in [9.17, 15) is 8.42 Å². The SMILES string of the molecule is COC1CC(NS(=O)(=O)Cc2ccccc2N)C1. The molecule has 1 aliphatic rings. The van der Waals surface area contributed by atoms with E-state index in [1.807, 2.05) is 0 Å². The highest BCUT2D eigenvalue weighted by Crippen LogP contribution is 2.24. The fraction of sp³-hybridized carbons (Fsp3) is 0.500. The van der Waals surface area contributed by atoms with Crippen molar-refractivity contribution in [2.45, 2.75) is 30.7 Å². The Balaban J connectivity index is 1.94. The van der Waals surface area contributed by atoms with E-state index in [4.69, 9.17) is 10.5 Å². The monoisotopic (exact) mass is 270 g/mol. The Morgan fingerprint density at radius 1 is 1.39 bits per heavy atom. The van der Waals surface area contributed by atoms with Gasteiger partial charge in [0.2, 0.25) is 10.0 Å². The molecule has 0 amide bonds. The maximum Gasteiger partial charge on any atom is 0.216 e. The second-order valence-electron chi connectivity index (χ2n) is 4.60. The van der Waals surface area contributed by atoms with Gasteiger partial charge in [-0.25, -0.2) is 13.1 Å². The molecular formula is C12H18N2O3S. The average molecular weight is 270 g/mol. The molecule has 1 saturated carbocycles. The Morgan fingerprint density at radius 3 is 2.67 bits per heavy atom. The molecular weight excluding hydrogens is 252 g/mol. The van der Waals surface area contributed by atoms with Crippen LogP contribution in [0.2, 0.25) is 0 Å². The minimum Gasteiger partial charge on any atom is -0.398 e. The van der Waals surface area contributed by atoms with Crippen LogP contribution in [0, 0.1) is 0 Å². The first kappa shape index (κ1) is 13.3. The zero-order valence-electron chi connectivity index (χ0n) is 10.3. The molecule has 0 aromatic heterocycles. The molecule has 3 N–H and O–H groups in total. The molecule has 1 aliphatic carbocycles. The number of hydrogen-bond acceptors (Lipinski definition) is 4. The van der Waals surface area contributed by atoms with Crippen LogP contribution in [0.5, 0.6) is 0 Å². The lowest BCUT2D eigenvalue weighted by Crippen LogP contribution is -2.47. The number of anilines is 1. The quantitative estimate of drug-likeness (QED) is 0.778. The van der Waals surface area contributed by atoms with Gasteiger partial charge >= 0.3 is 0 Å². The van der Waals surface area contributed by atoms with Crippen LogP contribution in [-0.2, 0) is 20.5 Å². The third-order valence-electron chi connectivity index (χ3n) is 3.17. The normalized spacial score (nSPS) is 23.6. The number of nitrogen functional groups attached to an aromatic ring is 1. The molecule has 2 rings (SSSR count). The fourth-order valence-electron chi connectivity index (χ4n) is 2.02. The molecule has 1 aromatic rings. The largest absolute Gasteiger partial charge is 0.398 e. The Kier molecular flexibility index (Phi) is 3.89. The van der Waals surface area contributed by atoms with Gasteiger partial charge in [0.05, 0.1) is 11.9 Å². The average Bonchev–Trinajstić information content (AvgIpc) is 2.26. The Morgan fingerprint density at radius 2 is 2.06 bits per heavy atom. The Labute approximate surface area is 107 Å². The number of methoxy groups -OCH3 is 1. The molecule has 1 aromatic carbocycles. The molecule has 0 unspecified atom stereocenters. The van der Waals surface area contributed by atoms with E-state index < -0.39 is 10.0 Å². The minimum atomic E-state index is -3.33. The maximum atomic E-state index is 11.9. The van der Waals surface area contributed by atoms with Crippen LogP contribution in [0.25, 0.3) is 0 Å². The lowest BCUT2D eigenvalue weighted by atomic mass is 9.90. The van der Waals surface area contributed by atoms with Crippen molar-refractivity contribution < 1.29 is 13.2 Å². The van der Waals surface area contributed by atoms with Gasteiger partial charge < -0.3 is 10.5 Å². The summed E-state index contributed by atoms with van der Waals surface area (Å²) in [6.07, 6.45) is 1.65. The predicted octanol–water partition coefficient (Wildman–Crippen LogP) is 0.866. The van der Waals surface area contributed by atoms with E-state index in [-0.39, 0.29) is 17.9 Å². The second kappa shape index (κ2) is 5.26. The third kappa shape index (κ3) is 3.22. The number of ether oxygens (including phenoxy) is 1. The van der Waals surface area contributed by atoms with Gasteiger partial charge in [-0.2, -0.15) is 0 Å². The summed E-state index contributed by atoms with van der Waals surface area (Å²) in [5.74, 6) is -0.0756. The molecule has 0 aliphatic heterocycles. The summed E-state index contributed by atoms with van der Waals surface area (Å²) in [5, 5.41) is 0. The van der Waals surface area contributed by atoms with Crippen molar-refractivity contribution in [1.82, 2.24) is 4.72 Å². The number of para-hydroxylation sites is 1. The molecule has 0 atom stereocenters. The van der Waals surface area contributed by atoms with Crippen molar-refractivity contribution in [1.29, 1.82) is 0 Å². The van der Waals surface area contributed by atoms with E-state index in [0.717, 1.165) is 12.8 Å². The van der Waals surface area contributed by atoms with Crippen molar-refractivity contribution in [3.63, 3.8) is 0 Å². The molecule has 0 spiro atoms. The molecule has 100 valence electrons. The first-order valence-electron chi connectivity index (χ1n) is 5.86. The number of nitrogens with two attached hydrogens (primary N) is 1. The minimum absolute atomic E-state index is 0.00936. The van der Waals surface area contributed by atoms with Crippen molar-refractivity contribution in [2.75, 3.05) is 12.8 Å². The summed E-state index contributed by atoms with van der Waals surface area (Å²) in [7, 11) is -1.70. The van der Waals surface area contributed by atoms with Crippen molar-refractivity contribution in [3.8, 4) is 0 Å². The second-order valence-corrected chi connectivity index (χ2v) is 6.36. The number of sulfonamides is 1. The fourth-order valence-corrected chi connectivity index (χ4v) is 3.48. The summed E-state index contributed by atoms with van der Waals surface area (Å²) in [5.41, 5.74) is 6.87. The third-order valence-corrected chi connectivity index (χ3v) is 4.56. The van der Waals surface area contributed by atoms with Gasteiger partial charge in [0.25, 0.3) is 0 Å². The van der Waals surface area contributed by atoms with Gasteiger partial charge in [-0.15, -0.1) is 0 Å². The van der Waals surface area contributed by atoms with Crippen molar-refractivity contribution in [3.05, 3.63) is 29.8 Å². The zero-order chi connectivity index (χ0) is 13.2. The molecule has 0 saturated heterocycles. The van der Waals surface area contributed by atoms with Crippen molar-refractivity contribution >= 4 is 15.7 Å². The summed E-state index contributed by atoms with van der Waals surface area (Å²) in [4.78, 5) is 0. The topological polar surface area (TPSA) is 81.4 Å². The Hall–Kier alpha value is -1.11. The van der Waals surface area contributed by atoms with Gasteiger partial charge in [0.1, 0.15) is 0 Å². The summed E-state index contributed by atoms with van der Waals surface area (Å²) in [6.45, 7) is 0. The summed E-state index contributed by atoms with van der Waals surface area (Å²) < 4.78 is 31.7. The van der Waals surface area contributed by atoms with Crippen LogP contribution in [0.3, 0.4) is 0 Å². The van der Waals surface area contributed by atoms with Crippen molar-refractivity contribution in [2.24, 2.45) is 0 Å². The molecule has 0 radical (unpaired) electrons. The van der Waals surface area contributed by atoms with Crippen LogP contribution >= 0.6 is 0 Å². The number of benzene rings is 1. The molecule has 0 heterocycles. The van der Waals surface area contributed by atoms with Crippen LogP contribution < -0.4 is 10.5 Å². The van der Waals surface area contributed by atoms with Gasteiger partial charge in [-0.3, -0.25) is 0 Å². The van der Waals surface area contributed by atoms with Crippen LogP contribution in [0.4, 0.5) is 5.69 Å².